The predicted molar refractivity (Wildman–Crippen MR) is 175 cm³/mol. The molecule has 0 fully saturated rings. The fraction of sp³-hybridized carbons (Fsp3) is 0.406. The zero-order valence-electron chi connectivity index (χ0n) is 26.4. The van der Waals surface area contributed by atoms with E-state index in [1.807, 2.05) is 61.3 Å². The number of thioether (sulfide) groups is 1. The summed E-state index contributed by atoms with van der Waals surface area (Å²) in [7, 11) is 0. The third-order valence-electron chi connectivity index (χ3n) is 7.74. The van der Waals surface area contributed by atoms with E-state index in [1.54, 1.807) is 6.92 Å². The number of rotatable bonds is 12. The Balaban J connectivity index is 1.29. The number of benzene rings is 2. The van der Waals surface area contributed by atoms with Crippen molar-refractivity contribution in [2.75, 3.05) is 17.6 Å². The second-order valence-electron chi connectivity index (χ2n) is 12.4. The van der Waals surface area contributed by atoms with Gasteiger partial charge in [-0.1, -0.05) is 66.8 Å². The second kappa shape index (κ2) is 13.7. The highest BCUT2D eigenvalue weighted by Gasteiger charge is 2.38. The van der Waals surface area contributed by atoms with Crippen LogP contribution in [0.25, 0.3) is 0 Å². The number of carbonyl (C=O) groups is 2. The SMILES string of the molecule is CC1=C(SCCNC(c2ccc(NC(c3ccccc3)C3NN=NN3C(C)(C)C)cc2)c2nnn[nH]2)C(=O)C(C(C)C)=CC1=O. The standard InChI is InChI=1S/C32H40N10O2S/c1-19(2)24-18-25(43)20(3)29(28(24)44)45-17-16-33-26(30-35-38-39-36-30)22-12-14-23(15-13-22)34-27(21-10-8-7-9-11-21)31-37-40-41-42(31)32(4,5)6/h7-15,18-19,26-27,31,33-34H,16-17H2,1-6H3,(H,37,41)(H,35,36,38,39). The summed E-state index contributed by atoms with van der Waals surface area (Å²) in [6.07, 6.45) is 1.28. The Hall–Kier alpha value is -4.36. The molecule has 12 nitrogen and oxygen atoms in total. The molecule has 236 valence electrons. The van der Waals surface area contributed by atoms with Crippen LogP contribution >= 0.6 is 11.8 Å². The summed E-state index contributed by atoms with van der Waals surface area (Å²) < 4.78 is 0. The molecule has 2 aromatic carbocycles. The zero-order chi connectivity index (χ0) is 32.1. The highest BCUT2D eigenvalue weighted by Crippen LogP contribution is 2.33. The molecular formula is C32H40N10O2S. The first-order valence-corrected chi connectivity index (χ1v) is 16.0. The molecule has 13 heteroatoms. The molecule has 1 aliphatic heterocycles. The summed E-state index contributed by atoms with van der Waals surface area (Å²) >= 11 is 1.40. The number of hydrogen-bond donors (Lipinski definition) is 4. The number of nitrogens with one attached hydrogen (secondary N) is 4. The Bertz CT molecular complexity index is 1580. The lowest BCUT2D eigenvalue weighted by atomic mass is 9.90. The van der Waals surface area contributed by atoms with Gasteiger partial charge in [0.25, 0.3) is 0 Å². The van der Waals surface area contributed by atoms with Crippen molar-refractivity contribution in [1.82, 2.24) is 36.4 Å². The number of carbonyl (C=O) groups excluding carboxylic acids is 2. The van der Waals surface area contributed by atoms with Gasteiger partial charge in [0.15, 0.2) is 23.6 Å². The van der Waals surface area contributed by atoms with Gasteiger partial charge in [0.2, 0.25) is 0 Å². The Morgan fingerprint density at radius 1 is 1.02 bits per heavy atom. The van der Waals surface area contributed by atoms with Crippen LogP contribution in [-0.4, -0.2) is 61.2 Å². The molecule has 0 saturated heterocycles. The lowest BCUT2D eigenvalue weighted by molar-refractivity contribution is -0.115. The molecular weight excluding hydrogens is 588 g/mol. The minimum atomic E-state index is -0.310. The van der Waals surface area contributed by atoms with Crippen molar-refractivity contribution in [3.63, 3.8) is 0 Å². The number of anilines is 1. The van der Waals surface area contributed by atoms with Gasteiger partial charge < -0.3 is 10.6 Å². The molecule has 3 atom stereocenters. The van der Waals surface area contributed by atoms with Gasteiger partial charge in [0, 0.05) is 29.1 Å². The predicted octanol–water partition coefficient (Wildman–Crippen LogP) is 5.09. The molecule has 45 heavy (non-hydrogen) atoms. The van der Waals surface area contributed by atoms with Gasteiger partial charge in [-0.2, -0.15) is 0 Å². The van der Waals surface area contributed by atoms with Crippen LogP contribution in [0.5, 0.6) is 0 Å². The van der Waals surface area contributed by atoms with Crippen molar-refractivity contribution < 1.29 is 9.59 Å². The Labute approximate surface area is 267 Å². The molecule has 0 amide bonds. The van der Waals surface area contributed by atoms with E-state index in [4.69, 9.17) is 0 Å². The maximum atomic E-state index is 13.0. The number of aromatic nitrogens is 4. The maximum Gasteiger partial charge on any atom is 0.196 e. The summed E-state index contributed by atoms with van der Waals surface area (Å²) in [6.45, 7) is 12.5. The topological polar surface area (TPSA) is 153 Å². The van der Waals surface area contributed by atoms with E-state index >= 15 is 0 Å². The van der Waals surface area contributed by atoms with Crippen molar-refractivity contribution in [1.29, 1.82) is 0 Å². The van der Waals surface area contributed by atoms with Crippen LogP contribution in [0.3, 0.4) is 0 Å². The number of ketones is 2. The third-order valence-corrected chi connectivity index (χ3v) is 8.93. The number of nitrogens with zero attached hydrogens (tertiary/aromatic N) is 6. The molecule has 3 unspecified atom stereocenters. The van der Waals surface area contributed by atoms with Gasteiger partial charge in [0.05, 0.1) is 22.5 Å². The van der Waals surface area contributed by atoms with Crippen molar-refractivity contribution in [3.05, 3.63) is 93.7 Å². The number of allylic oxidation sites excluding steroid dienone is 4. The van der Waals surface area contributed by atoms with Crippen molar-refractivity contribution in [3.8, 4) is 0 Å². The Morgan fingerprint density at radius 3 is 2.40 bits per heavy atom. The molecule has 0 spiro atoms. The molecule has 0 saturated carbocycles. The summed E-state index contributed by atoms with van der Waals surface area (Å²) in [5, 5.41) is 32.3. The van der Waals surface area contributed by atoms with Crippen LogP contribution in [-0.2, 0) is 9.59 Å². The van der Waals surface area contributed by atoms with E-state index in [2.05, 4.69) is 80.0 Å². The summed E-state index contributed by atoms with van der Waals surface area (Å²) in [5.41, 5.74) is 7.01. The molecule has 1 aromatic heterocycles. The van der Waals surface area contributed by atoms with Crippen LogP contribution in [0.15, 0.2) is 87.2 Å². The van der Waals surface area contributed by atoms with E-state index in [0.717, 1.165) is 16.8 Å². The van der Waals surface area contributed by atoms with Gasteiger partial charge in [-0.05, 0) is 73.4 Å². The molecule has 5 rings (SSSR count). The smallest absolute Gasteiger partial charge is 0.196 e. The first-order valence-electron chi connectivity index (χ1n) is 15.0. The number of hydrogen-bond acceptors (Lipinski definition) is 12. The quantitative estimate of drug-likeness (QED) is 0.158. The molecule has 2 aliphatic rings. The van der Waals surface area contributed by atoms with Gasteiger partial charge in [0.1, 0.15) is 0 Å². The Morgan fingerprint density at radius 2 is 1.76 bits per heavy atom. The van der Waals surface area contributed by atoms with E-state index < -0.39 is 0 Å². The Kier molecular flexibility index (Phi) is 9.78. The van der Waals surface area contributed by atoms with Crippen LogP contribution in [0, 0.1) is 5.92 Å². The zero-order valence-corrected chi connectivity index (χ0v) is 27.2. The third kappa shape index (κ3) is 7.31. The average Bonchev–Trinajstić information content (AvgIpc) is 3.73. The van der Waals surface area contributed by atoms with E-state index in [1.165, 1.54) is 17.8 Å². The van der Waals surface area contributed by atoms with Crippen LogP contribution in [0.1, 0.15) is 70.6 Å². The minimum Gasteiger partial charge on any atom is -0.374 e. The number of Topliss-reactive ketones (excluding diaryl/α,β-unsaturated/α-hetero) is 1. The molecule has 3 aromatic rings. The molecule has 2 heterocycles. The van der Waals surface area contributed by atoms with Gasteiger partial charge in [-0.25, -0.2) is 10.1 Å². The van der Waals surface area contributed by atoms with Crippen molar-refractivity contribution in [2.24, 2.45) is 16.4 Å². The summed E-state index contributed by atoms with van der Waals surface area (Å²) in [6, 6.07) is 17.9. The highest BCUT2D eigenvalue weighted by molar-refractivity contribution is 8.04. The van der Waals surface area contributed by atoms with E-state index in [9.17, 15) is 9.59 Å². The lowest BCUT2D eigenvalue weighted by Gasteiger charge is -2.38. The maximum absolute atomic E-state index is 13.0. The van der Waals surface area contributed by atoms with Gasteiger partial charge in [-0.15, -0.1) is 16.9 Å². The monoisotopic (exact) mass is 628 g/mol. The van der Waals surface area contributed by atoms with Crippen molar-refractivity contribution in [2.45, 2.75) is 65.3 Å². The fourth-order valence-electron chi connectivity index (χ4n) is 5.32. The highest BCUT2D eigenvalue weighted by atomic mass is 32.2. The van der Waals surface area contributed by atoms with E-state index in [-0.39, 0.29) is 41.3 Å². The molecule has 0 radical (unpaired) electrons. The summed E-state index contributed by atoms with van der Waals surface area (Å²) in [4.78, 5) is 26.1. The number of aromatic amines is 1. The fourth-order valence-corrected chi connectivity index (χ4v) is 6.31. The summed E-state index contributed by atoms with van der Waals surface area (Å²) in [5.74, 6) is 1.000. The molecule has 0 bridgehead atoms. The van der Waals surface area contributed by atoms with Gasteiger partial charge >= 0.3 is 0 Å². The van der Waals surface area contributed by atoms with Crippen LogP contribution in [0.2, 0.25) is 0 Å². The minimum absolute atomic E-state index is 0.0103. The van der Waals surface area contributed by atoms with Gasteiger partial charge in [-0.3, -0.25) is 15.0 Å². The first-order chi connectivity index (χ1) is 21.5. The van der Waals surface area contributed by atoms with E-state index in [0.29, 0.717) is 34.2 Å². The van der Waals surface area contributed by atoms with Crippen LogP contribution < -0.4 is 16.1 Å². The van der Waals surface area contributed by atoms with Crippen molar-refractivity contribution >= 4 is 29.0 Å². The lowest BCUT2D eigenvalue weighted by Crippen LogP contribution is -2.51. The molecule has 1 aliphatic carbocycles. The second-order valence-corrected chi connectivity index (χ2v) is 13.5. The molecule has 4 N–H and O–H groups in total. The van der Waals surface area contributed by atoms with Crippen LogP contribution in [0.4, 0.5) is 5.69 Å². The first kappa shape index (κ1) is 32.0. The number of H-pyrrole nitrogens is 1. The largest absolute Gasteiger partial charge is 0.374 e. The normalized spacial score (nSPS) is 18.3. The number of tetrazole rings is 1. The average molecular weight is 629 g/mol.